The Labute approximate surface area is 105 Å². The highest BCUT2D eigenvalue weighted by atomic mass is 16.6. The number of benzene rings is 1. The number of Topliss-reactive ketones (excluding diaryl/α,β-unsaturated/α-hetero) is 1. The summed E-state index contributed by atoms with van der Waals surface area (Å²) in [4.78, 5) is 21.9. The Kier molecular flexibility index (Phi) is 3.72. The van der Waals surface area contributed by atoms with E-state index in [1.165, 1.54) is 24.3 Å². The number of methoxy groups -OCH3 is 1. The molecule has 0 amide bonds. The lowest BCUT2D eigenvalue weighted by atomic mass is 9.78. The molecule has 5 nitrogen and oxygen atoms in total. The maximum atomic E-state index is 11.9. The highest BCUT2D eigenvalue weighted by molar-refractivity contribution is 5.96. The van der Waals surface area contributed by atoms with Crippen molar-refractivity contribution in [3.05, 3.63) is 39.9 Å². The van der Waals surface area contributed by atoms with Crippen LogP contribution < -0.4 is 0 Å². The molecule has 0 saturated heterocycles. The van der Waals surface area contributed by atoms with Gasteiger partial charge >= 0.3 is 0 Å². The summed E-state index contributed by atoms with van der Waals surface area (Å²) in [5, 5.41) is 10.5. The van der Waals surface area contributed by atoms with Gasteiger partial charge in [0.2, 0.25) is 0 Å². The minimum atomic E-state index is -0.469. The van der Waals surface area contributed by atoms with Crippen molar-refractivity contribution in [3.8, 4) is 0 Å². The van der Waals surface area contributed by atoms with Crippen molar-refractivity contribution < 1.29 is 14.5 Å². The fraction of sp³-hybridized carbons (Fsp3) is 0.462. The smallest absolute Gasteiger partial charge is 0.269 e. The molecule has 1 aliphatic carbocycles. The summed E-state index contributed by atoms with van der Waals surface area (Å²) in [5.41, 5.74) is 0.552. The van der Waals surface area contributed by atoms with E-state index in [-0.39, 0.29) is 11.5 Å². The molecule has 0 aromatic heterocycles. The number of hydrogen-bond acceptors (Lipinski definition) is 4. The van der Waals surface area contributed by atoms with Crippen molar-refractivity contribution in [2.24, 2.45) is 5.92 Å². The lowest BCUT2D eigenvalue weighted by molar-refractivity contribution is -0.384. The van der Waals surface area contributed by atoms with E-state index in [1.54, 1.807) is 7.11 Å². The molecule has 0 unspecified atom stereocenters. The van der Waals surface area contributed by atoms with Crippen molar-refractivity contribution in [3.63, 3.8) is 0 Å². The van der Waals surface area contributed by atoms with Crippen LogP contribution in [0.15, 0.2) is 24.3 Å². The van der Waals surface area contributed by atoms with E-state index in [2.05, 4.69) is 0 Å². The summed E-state index contributed by atoms with van der Waals surface area (Å²) >= 11 is 0. The molecule has 0 bridgehead atoms. The van der Waals surface area contributed by atoms with Gasteiger partial charge in [0.05, 0.1) is 11.0 Å². The number of carbonyl (C=O) groups is 1. The average molecular weight is 249 g/mol. The van der Waals surface area contributed by atoms with Crippen molar-refractivity contribution in [1.29, 1.82) is 0 Å². The molecule has 2 rings (SSSR count). The second kappa shape index (κ2) is 5.27. The first kappa shape index (κ1) is 12.7. The van der Waals surface area contributed by atoms with E-state index >= 15 is 0 Å². The Hall–Kier alpha value is -1.75. The van der Waals surface area contributed by atoms with Crippen LogP contribution in [-0.4, -0.2) is 23.9 Å². The standard InChI is InChI=1S/C13H15NO4/c1-18-12-6-9(7-12)8-13(15)10-2-4-11(5-3-10)14(16)17/h2-5,9,12H,6-8H2,1H3. The number of hydrogen-bond donors (Lipinski definition) is 0. The molecular formula is C13H15NO4. The molecule has 1 aliphatic rings. The van der Waals surface area contributed by atoms with Crippen LogP contribution >= 0.6 is 0 Å². The molecule has 0 atom stereocenters. The van der Waals surface area contributed by atoms with E-state index in [9.17, 15) is 14.9 Å². The minimum absolute atomic E-state index is 0.00893. The van der Waals surface area contributed by atoms with Gasteiger partial charge < -0.3 is 4.74 Å². The fourth-order valence-electron chi connectivity index (χ4n) is 2.18. The predicted molar refractivity (Wildman–Crippen MR) is 65.6 cm³/mol. The number of nitro groups is 1. The summed E-state index contributed by atoms with van der Waals surface area (Å²) in [6, 6.07) is 5.78. The van der Waals surface area contributed by atoms with Crippen LogP contribution in [0.4, 0.5) is 5.69 Å². The maximum Gasteiger partial charge on any atom is 0.269 e. The van der Waals surface area contributed by atoms with Crippen LogP contribution in [0, 0.1) is 16.0 Å². The highest BCUT2D eigenvalue weighted by Crippen LogP contribution is 2.33. The van der Waals surface area contributed by atoms with E-state index in [0.29, 0.717) is 24.0 Å². The lowest BCUT2D eigenvalue weighted by Gasteiger charge is -2.33. The largest absolute Gasteiger partial charge is 0.381 e. The number of carbonyl (C=O) groups excluding carboxylic acids is 1. The maximum absolute atomic E-state index is 11.9. The van der Waals surface area contributed by atoms with Crippen LogP contribution in [0.2, 0.25) is 0 Å². The second-order valence-corrected chi connectivity index (χ2v) is 4.63. The zero-order chi connectivity index (χ0) is 13.1. The first-order valence-electron chi connectivity index (χ1n) is 5.90. The molecule has 1 aromatic rings. The Balaban J connectivity index is 1.91. The lowest BCUT2D eigenvalue weighted by Crippen LogP contribution is -2.31. The van der Waals surface area contributed by atoms with Crippen molar-refractivity contribution in [1.82, 2.24) is 0 Å². The topological polar surface area (TPSA) is 69.4 Å². The number of nitrogens with zero attached hydrogens (tertiary/aromatic N) is 1. The van der Waals surface area contributed by atoms with Gasteiger partial charge in [-0.15, -0.1) is 0 Å². The fourth-order valence-corrected chi connectivity index (χ4v) is 2.18. The third-order valence-electron chi connectivity index (χ3n) is 3.40. The van der Waals surface area contributed by atoms with Crippen molar-refractivity contribution in [2.45, 2.75) is 25.4 Å². The Morgan fingerprint density at radius 2 is 2.00 bits per heavy atom. The quantitative estimate of drug-likeness (QED) is 0.457. The first-order chi connectivity index (χ1) is 8.60. The molecule has 1 fully saturated rings. The molecule has 0 radical (unpaired) electrons. The second-order valence-electron chi connectivity index (χ2n) is 4.63. The highest BCUT2D eigenvalue weighted by Gasteiger charge is 2.30. The van der Waals surface area contributed by atoms with Gasteiger partial charge in [-0.3, -0.25) is 14.9 Å². The normalized spacial score (nSPS) is 22.3. The van der Waals surface area contributed by atoms with E-state index in [4.69, 9.17) is 4.74 Å². The number of ether oxygens (including phenoxy) is 1. The molecular weight excluding hydrogens is 234 g/mol. The molecule has 5 heteroatoms. The SMILES string of the molecule is COC1CC(CC(=O)c2ccc([N+](=O)[O-])cc2)C1. The van der Waals surface area contributed by atoms with Gasteiger partial charge in [-0.2, -0.15) is 0 Å². The van der Waals surface area contributed by atoms with E-state index in [0.717, 1.165) is 12.8 Å². The van der Waals surface area contributed by atoms with Gasteiger partial charge in [-0.05, 0) is 30.9 Å². The molecule has 1 aromatic carbocycles. The van der Waals surface area contributed by atoms with Gasteiger partial charge in [0.25, 0.3) is 5.69 Å². The number of nitro benzene ring substituents is 1. The summed E-state index contributed by atoms with van der Waals surface area (Å²) in [6.45, 7) is 0. The summed E-state index contributed by atoms with van der Waals surface area (Å²) in [6.07, 6.45) is 2.64. The molecule has 0 aliphatic heterocycles. The number of ketones is 1. The Bertz CT molecular complexity index is 449. The monoisotopic (exact) mass is 249 g/mol. The van der Waals surface area contributed by atoms with Crippen LogP contribution in [0.25, 0.3) is 0 Å². The molecule has 0 N–H and O–H groups in total. The number of rotatable bonds is 5. The van der Waals surface area contributed by atoms with Gasteiger partial charge in [0, 0.05) is 31.2 Å². The van der Waals surface area contributed by atoms with Gasteiger partial charge in [0.15, 0.2) is 5.78 Å². The Morgan fingerprint density at radius 3 is 2.50 bits per heavy atom. The van der Waals surface area contributed by atoms with E-state index in [1.807, 2.05) is 0 Å². The average Bonchev–Trinajstić information content (AvgIpc) is 2.33. The molecule has 96 valence electrons. The molecule has 1 saturated carbocycles. The van der Waals surface area contributed by atoms with Crippen molar-refractivity contribution in [2.75, 3.05) is 7.11 Å². The molecule has 18 heavy (non-hydrogen) atoms. The Morgan fingerprint density at radius 1 is 1.39 bits per heavy atom. The zero-order valence-corrected chi connectivity index (χ0v) is 10.2. The molecule has 0 heterocycles. The first-order valence-corrected chi connectivity index (χ1v) is 5.90. The van der Waals surface area contributed by atoms with Crippen molar-refractivity contribution >= 4 is 11.5 Å². The summed E-state index contributed by atoms with van der Waals surface area (Å²) < 4.78 is 5.16. The van der Waals surface area contributed by atoms with Gasteiger partial charge in [-0.25, -0.2) is 0 Å². The number of non-ortho nitro benzene ring substituents is 1. The van der Waals surface area contributed by atoms with Crippen LogP contribution in [0.5, 0.6) is 0 Å². The zero-order valence-electron chi connectivity index (χ0n) is 10.2. The summed E-state index contributed by atoms with van der Waals surface area (Å²) in [5.74, 6) is 0.432. The van der Waals surface area contributed by atoms with Crippen LogP contribution in [0.1, 0.15) is 29.6 Å². The summed E-state index contributed by atoms with van der Waals surface area (Å²) in [7, 11) is 1.68. The van der Waals surface area contributed by atoms with Crippen LogP contribution in [-0.2, 0) is 4.74 Å². The van der Waals surface area contributed by atoms with Gasteiger partial charge in [-0.1, -0.05) is 0 Å². The third kappa shape index (κ3) is 2.73. The predicted octanol–water partition coefficient (Wildman–Crippen LogP) is 2.59. The van der Waals surface area contributed by atoms with E-state index < -0.39 is 4.92 Å². The molecule has 0 spiro atoms. The van der Waals surface area contributed by atoms with Gasteiger partial charge in [0.1, 0.15) is 0 Å². The van der Waals surface area contributed by atoms with Crippen LogP contribution in [0.3, 0.4) is 0 Å². The minimum Gasteiger partial charge on any atom is -0.381 e. The third-order valence-corrected chi connectivity index (χ3v) is 3.40.